The molecule has 0 aliphatic carbocycles. The Morgan fingerprint density at radius 1 is 1.35 bits per heavy atom. The number of benzene rings is 1. The lowest BCUT2D eigenvalue weighted by Gasteiger charge is -2.34. The van der Waals surface area contributed by atoms with Crippen LogP contribution in [0.4, 0.5) is 9.93 Å². The molecule has 0 bridgehead atoms. The Hall–Kier alpha value is -3.32. The van der Waals surface area contributed by atoms with Gasteiger partial charge < -0.3 is 19.8 Å². The number of piperidine rings is 1. The Kier molecular flexibility index (Phi) is 7.67. The number of amides is 1. The van der Waals surface area contributed by atoms with Crippen molar-refractivity contribution in [2.45, 2.75) is 59.7 Å². The number of aromatic nitrogens is 2. The van der Waals surface area contributed by atoms with Crippen molar-refractivity contribution in [3.63, 3.8) is 0 Å². The highest BCUT2D eigenvalue weighted by Crippen LogP contribution is 2.32. The van der Waals surface area contributed by atoms with Gasteiger partial charge in [0.2, 0.25) is 5.13 Å². The van der Waals surface area contributed by atoms with Crippen molar-refractivity contribution in [1.82, 2.24) is 15.1 Å². The van der Waals surface area contributed by atoms with Gasteiger partial charge in [0.15, 0.2) is 0 Å². The summed E-state index contributed by atoms with van der Waals surface area (Å²) in [5.74, 6) is 0.233. The van der Waals surface area contributed by atoms with Crippen molar-refractivity contribution in [2.75, 3.05) is 13.1 Å². The predicted molar refractivity (Wildman–Crippen MR) is 132 cm³/mol. The number of nitrogens with zero attached hydrogens (tertiary/aromatic N) is 5. The maximum absolute atomic E-state index is 12.5. The molecule has 1 aliphatic heterocycles. The number of rotatable bonds is 5. The number of carbonyl (C=O) groups is 1. The van der Waals surface area contributed by atoms with Crippen LogP contribution in [0.5, 0.6) is 5.75 Å². The lowest BCUT2D eigenvalue weighted by atomic mass is 9.92. The van der Waals surface area contributed by atoms with Crippen LogP contribution in [0.1, 0.15) is 53.5 Å². The van der Waals surface area contributed by atoms with Crippen LogP contribution in [0.25, 0.3) is 10.6 Å². The van der Waals surface area contributed by atoms with Crippen LogP contribution in [-0.2, 0) is 4.74 Å². The minimum Gasteiger partial charge on any atom is -0.490 e. The zero-order valence-electron chi connectivity index (χ0n) is 20.4. The van der Waals surface area contributed by atoms with Gasteiger partial charge in [0, 0.05) is 36.5 Å². The van der Waals surface area contributed by atoms with E-state index in [1.54, 1.807) is 17.0 Å². The number of nitrogens with one attached hydrogen (secondary N) is 1. The average molecular weight is 483 g/mol. The van der Waals surface area contributed by atoms with E-state index in [1.807, 2.05) is 47.6 Å². The molecule has 3 rings (SSSR count). The maximum atomic E-state index is 12.5. The van der Waals surface area contributed by atoms with Gasteiger partial charge in [0.25, 0.3) is 0 Å². The Morgan fingerprint density at radius 3 is 2.74 bits per heavy atom. The summed E-state index contributed by atoms with van der Waals surface area (Å²) >= 11 is 1.30. The smallest absolute Gasteiger partial charge is 0.410 e. The van der Waals surface area contributed by atoms with Gasteiger partial charge in [0.1, 0.15) is 22.4 Å². The lowest BCUT2D eigenvalue weighted by molar-refractivity contribution is 0.0237. The molecule has 180 valence electrons. The summed E-state index contributed by atoms with van der Waals surface area (Å²) in [6, 6.07) is 7.50. The van der Waals surface area contributed by atoms with Crippen molar-refractivity contribution in [2.24, 2.45) is 10.9 Å². The van der Waals surface area contributed by atoms with Crippen molar-refractivity contribution in [3.8, 4) is 22.4 Å². The zero-order chi connectivity index (χ0) is 25.0. The van der Waals surface area contributed by atoms with E-state index in [9.17, 15) is 10.1 Å². The summed E-state index contributed by atoms with van der Waals surface area (Å²) in [6.45, 7) is 12.0. The third kappa shape index (κ3) is 6.38. The van der Waals surface area contributed by atoms with Gasteiger partial charge in [-0.2, -0.15) is 5.26 Å². The highest BCUT2D eigenvalue weighted by Gasteiger charge is 2.32. The standard InChI is InChI=1S/C24H30N6O3S/c1-14(2)32-20-8-7-16(11-17(20)12-25)21-28-29-22(34-21)27-15(3)18-13-30(10-9-19(18)26)23(31)33-24(4,5)6/h7-8,11,14,18,26H,9-10,13H2,1-6H3. The molecule has 1 saturated heterocycles. The number of nitriles is 1. The van der Waals surface area contributed by atoms with Gasteiger partial charge >= 0.3 is 6.09 Å². The summed E-state index contributed by atoms with van der Waals surface area (Å²) in [5.41, 5.74) is 1.84. The molecule has 0 spiro atoms. The predicted octanol–water partition coefficient (Wildman–Crippen LogP) is 5.23. The fourth-order valence-corrected chi connectivity index (χ4v) is 4.21. The number of hydrogen-bond donors (Lipinski definition) is 1. The first-order chi connectivity index (χ1) is 16.0. The minimum absolute atomic E-state index is 0.0341. The van der Waals surface area contributed by atoms with Crippen molar-refractivity contribution < 1.29 is 14.3 Å². The van der Waals surface area contributed by atoms with Gasteiger partial charge in [-0.25, -0.2) is 9.79 Å². The minimum atomic E-state index is -0.575. The molecule has 1 amide bonds. The molecule has 1 fully saturated rings. The van der Waals surface area contributed by atoms with Crippen LogP contribution < -0.4 is 4.74 Å². The third-order valence-electron chi connectivity index (χ3n) is 5.03. The Balaban J connectivity index is 1.77. The molecule has 1 N–H and O–H groups in total. The van der Waals surface area contributed by atoms with Gasteiger partial charge in [-0.15, -0.1) is 10.2 Å². The zero-order valence-corrected chi connectivity index (χ0v) is 21.2. The van der Waals surface area contributed by atoms with Crippen LogP contribution in [0.15, 0.2) is 23.2 Å². The molecule has 1 aliphatic rings. The second kappa shape index (κ2) is 10.3. The van der Waals surface area contributed by atoms with Crippen LogP contribution >= 0.6 is 11.3 Å². The van der Waals surface area contributed by atoms with Crippen molar-refractivity contribution in [3.05, 3.63) is 23.8 Å². The molecule has 0 radical (unpaired) electrons. The Morgan fingerprint density at radius 2 is 2.09 bits per heavy atom. The first-order valence-electron chi connectivity index (χ1n) is 11.1. The fourth-order valence-electron chi connectivity index (χ4n) is 3.44. The van der Waals surface area contributed by atoms with E-state index in [4.69, 9.17) is 14.9 Å². The summed E-state index contributed by atoms with van der Waals surface area (Å²) in [5, 5.41) is 27.3. The van der Waals surface area contributed by atoms with E-state index in [1.165, 1.54) is 11.3 Å². The molecule has 1 aromatic heterocycles. The van der Waals surface area contributed by atoms with Crippen LogP contribution in [0.2, 0.25) is 0 Å². The second-order valence-corrected chi connectivity index (χ2v) is 10.3. The average Bonchev–Trinajstić information content (AvgIpc) is 3.21. The normalized spacial score (nSPS) is 17.0. The van der Waals surface area contributed by atoms with Gasteiger partial charge in [-0.05, 0) is 59.7 Å². The fraction of sp³-hybridized carbons (Fsp3) is 0.500. The van der Waals surface area contributed by atoms with E-state index in [0.717, 1.165) is 5.56 Å². The highest BCUT2D eigenvalue weighted by molar-refractivity contribution is 7.18. The molecule has 10 heteroatoms. The molecule has 1 atom stereocenters. The quantitative estimate of drug-likeness (QED) is 0.582. The molecule has 1 aromatic carbocycles. The molecule has 0 saturated carbocycles. The van der Waals surface area contributed by atoms with Gasteiger partial charge in [-0.1, -0.05) is 11.3 Å². The Labute approximate surface area is 203 Å². The first-order valence-corrected chi connectivity index (χ1v) is 11.9. The van der Waals surface area contributed by atoms with E-state index in [-0.39, 0.29) is 18.1 Å². The molecular formula is C24H30N6O3S. The topological polar surface area (TPSA) is 125 Å². The molecule has 1 unspecified atom stereocenters. The molecule has 2 heterocycles. The SMILES string of the molecule is CC(=Nc1nnc(-c2ccc(OC(C)C)c(C#N)c2)s1)C1CN(C(=O)OC(C)(C)C)CCC1=N. The van der Waals surface area contributed by atoms with E-state index in [0.29, 0.717) is 52.4 Å². The van der Waals surface area contributed by atoms with Crippen LogP contribution in [0.3, 0.4) is 0 Å². The van der Waals surface area contributed by atoms with E-state index >= 15 is 0 Å². The number of hydrogen-bond acceptors (Lipinski definition) is 9. The van der Waals surface area contributed by atoms with Crippen LogP contribution in [0, 0.1) is 22.7 Å². The molecular weight excluding hydrogens is 452 g/mol. The van der Waals surface area contributed by atoms with Crippen molar-refractivity contribution in [1.29, 1.82) is 10.7 Å². The summed E-state index contributed by atoms with van der Waals surface area (Å²) in [6.07, 6.45) is 0.0576. The van der Waals surface area contributed by atoms with Crippen molar-refractivity contribution >= 4 is 34.0 Å². The first kappa shape index (κ1) is 25.3. The summed E-state index contributed by atoms with van der Waals surface area (Å²) in [4.78, 5) is 18.7. The highest BCUT2D eigenvalue weighted by atomic mass is 32.1. The molecule has 2 aromatic rings. The largest absolute Gasteiger partial charge is 0.490 e. The second-order valence-electron chi connectivity index (χ2n) is 9.39. The van der Waals surface area contributed by atoms with Gasteiger partial charge in [0.05, 0.1) is 17.6 Å². The van der Waals surface area contributed by atoms with Gasteiger partial charge in [-0.3, -0.25) is 0 Å². The van der Waals surface area contributed by atoms with E-state index < -0.39 is 5.60 Å². The number of likely N-dealkylation sites (tertiary alicyclic amines) is 1. The molecule has 9 nitrogen and oxygen atoms in total. The lowest BCUT2D eigenvalue weighted by Crippen LogP contribution is -2.47. The number of carbonyl (C=O) groups excluding carboxylic acids is 1. The summed E-state index contributed by atoms with van der Waals surface area (Å²) < 4.78 is 11.2. The molecule has 34 heavy (non-hydrogen) atoms. The Bertz CT molecular complexity index is 1140. The summed E-state index contributed by atoms with van der Waals surface area (Å²) in [7, 11) is 0. The number of ether oxygens (including phenoxy) is 2. The maximum Gasteiger partial charge on any atom is 0.410 e. The monoisotopic (exact) mass is 482 g/mol. The van der Waals surface area contributed by atoms with Crippen LogP contribution in [-0.4, -0.2) is 57.4 Å². The number of aliphatic imine (C=N–C) groups is 1. The third-order valence-corrected chi connectivity index (χ3v) is 5.89. The van der Waals surface area contributed by atoms with E-state index in [2.05, 4.69) is 21.3 Å².